The largest absolute Gasteiger partial charge is 0.326 e. The Morgan fingerprint density at radius 2 is 1.86 bits per heavy atom. The lowest BCUT2D eigenvalue weighted by atomic mass is 9.81. The Morgan fingerprint density at radius 3 is 2.64 bits per heavy atom. The molecule has 2 saturated heterocycles. The van der Waals surface area contributed by atoms with Gasteiger partial charge in [0.25, 0.3) is 0 Å². The van der Waals surface area contributed by atoms with Gasteiger partial charge in [0.1, 0.15) is 0 Å². The molecule has 2 aliphatic rings. The first-order valence-corrected chi connectivity index (χ1v) is 8.75. The zero-order chi connectivity index (χ0) is 15.5. The minimum Gasteiger partial charge on any atom is -0.326 e. The van der Waals surface area contributed by atoms with E-state index in [1.165, 1.54) is 45.2 Å². The highest BCUT2D eigenvalue weighted by atomic mass is 16.1. The minimum atomic E-state index is 0.190. The third-order valence-corrected chi connectivity index (χ3v) is 5.42. The van der Waals surface area contributed by atoms with Gasteiger partial charge in [-0.2, -0.15) is 0 Å². The molecule has 120 valence electrons. The summed E-state index contributed by atoms with van der Waals surface area (Å²) in [6, 6.07) is 6.81. The Bertz CT molecular complexity index is 518. The molecule has 0 aliphatic carbocycles. The van der Waals surface area contributed by atoms with Crippen molar-refractivity contribution < 1.29 is 4.79 Å². The first kappa shape index (κ1) is 15.5. The zero-order valence-electron chi connectivity index (χ0n) is 13.9. The minimum absolute atomic E-state index is 0.190. The van der Waals surface area contributed by atoms with Gasteiger partial charge in [-0.05, 0) is 69.7 Å². The fourth-order valence-corrected chi connectivity index (χ4v) is 4.26. The maximum Gasteiger partial charge on any atom is 0.224 e. The van der Waals surface area contributed by atoms with Gasteiger partial charge in [0.05, 0.1) is 0 Å². The van der Waals surface area contributed by atoms with Crippen molar-refractivity contribution in [2.75, 3.05) is 18.4 Å². The van der Waals surface area contributed by atoms with Gasteiger partial charge in [0.15, 0.2) is 0 Å². The second kappa shape index (κ2) is 6.82. The van der Waals surface area contributed by atoms with Crippen molar-refractivity contribution >= 4 is 11.6 Å². The highest BCUT2D eigenvalue weighted by Gasteiger charge is 2.34. The van der Waals surface area contributed by atoms with Crippen LogP contribution in [0.2, 0.25) is 0 Å². The first-order chi connectivity index (χ1) is 10.6. The van der Waals surface area contributed by atoms with Gasteiger partial charge >= 0.3 is 0 Å². The maximum atomic E-state index is 12.5. The van der Waals surface area contributed by atoms with Gasteiger partial charge in [-0.1, -0.05) is 24.6 Å². The normalized spacial score (nSPS) is 25.5. The Labute approximate surface area is 134 Å². The molecule has 2 aliphatic heterocycles. The summed E-state index contributed by atoms with van der Waals surface area (Å²) < 4.78 is 0. The van der Waals surface area contributed by atoms with Gasteiger partial charge in [0, 0.05) is 18.2 Å². The van der Waals surface area contributed by atoms with Crippen LogP contribution in [0.1, 0.15) is 49.7 Å². The number of aryl methyl sites for hydroxylation is 2. The highest BCUT2D eigenvalue weighted by molar-refractivity contribution is 5.92. The molecular formula is C19H28N2O. The fourth-order valence-electron chi connectivity index (χ4n) is 4.26. The van der Waals surface area contributed by atoms with Crippen LogP contribution < -0.4 is 5.32 Å². The number of piperidine rings is 2. The number of rotatable bonds is 3. The summed E-state index contributed by atoms with van der Waals surface area (Å²) >= 11 is 0. The van der Waals surface area contributed by atoms with Crippen molar-refractivity contribution in [1.29, 1.82) is 0 Å². The lowest BCUT2D eigenvalue weighted by Gasteiger charge is -2.44. The summed E-state index contributed by atoms with van der Waals surface area (Å²) in [4.78, 5) is 15.2. The second-order valence-corrected chi connectivity index (χ2v) is 7.02. The van der Waals surface area contributed by atoms with E-state index in [-0.39, 0.29) is 5.91 Å². The smallest absolute Gasteiger partial charge is 0.224 e. The summed E-state index contributed by atoms with van der Waals surface area (Å²) in [6.07, 6.45) is 7.07. The van der Waals surface area contributed by atoms with E-state index in [1.807, 2.05) is 6.07 Å². The van der Waals surface area contributed by atoms with Crippen molar-refractivity contribution in [3.63, 3.8) is 0 Å². The average molecular weight is 300 g/mol. The topological polar surface area (TPSA) is 32.3 Å². The Hall–Kier alpha value is -1.35. The Kier molecular flexibility index (Phi) is 4.82. The molecule has 2 heterocycles. The molecule has 1 amide bonds. The molecule has 0 aromatic heterocycles. The number of hydrogen-bond acceptors (Lipinski definition) is 2. The summed E-state index contributed by atoms with van der Waals surface area (Å²) in [5, 5.41) is 3.16. The summed E-state index contributed by atoms with van der Waals surface area (Å²) in [5.41, 5.74) is 3.30. The molecule has 1 aromatic rings. The number of para-hydroxylation sites is 1. The molecular weight excluding hydrogens is 272 g/mol. The maximum absolute atomic E-state index is 12.5. The number of nitrogens with zero attached hydrogens (tertiary/aromatic N) is 1. The fraction of sp³-hybridized carbons (Fsp3) is 0.632. The summed E-state index contributed by atoms with van der Waals surface area (Å²) in [5.74, 6) is 0.730. The van der Waals surface area contributed by atoms with Crippen LogP contribution in [-0.4, -0.2) is 29.9 Å². The van der Waals surface area contributed by atoms with Gasteiger partial charge in [-0.15, -0.1) is 0 Å². The van der Waals surface area contributed by atoms with E-state index in [0.717, 1.165) is 16.8 Å². The molecule has 1 N–H and O–H groups in total. The number of benzene rings is 1. The molecule has 1 aromatic carbocycles. The number of amides is 1. The van der Waals surface area contributed by atoms with Crippen LogP contribution in [0, 0.1) is 19.8 Å². The molecule has 0 radical (unpaired) electrons. The van der Waals surface area contributed by atoms with E-state index < -0.39 is 0 Å². The van der Waals surface area contributed by atoms with Crippen molar-refractivity contribution in [2.24, 2.45) is 5.92 Å². The molecule has 3 nitrogen and oxygen atoms in total. The van der Waals surface area contributed by atoms with Gasteiger partial charge < -0.3 is 10.2 Å². The third kappa shape index (κ3) is 3.35. The predicted octanol–water partition coefficient (Wildman–Crippen LogP) is 3.90. The molecule has 0 spiro atoms. The van der Waals surface area contributed by atoms with Crippen molar-refractivity contribution in [3.05, 3.63) is 29.3 Å². The van der Waals surface area contributed by atoms with E-state index in [4.69, 9.17) is 0 Å². The monoisotopic (exact) mass is 300 g/mol. The Balaban J connectivity index is 1.63. The standard InChI is InChI=1S/C19H28N2O/c1-14-7-5-8-15(2)19(14)20-18(22)13-16-9-6-12-21-11-4-3-10-17(16)21/h5,7-8,16-17H,3-4,6,9-13H2,1-2H3,(H,20,22)/t16-,17-/m1/s1. The number of carbonyl (C=O) groups is 1. The quantitative estimate of drug-likeness (QED) is 0.918. The first-order valence-electron chi connectivity index (χ1n) is 8.75. The number of anilines is 1. The van der Waals surface area contributed by atoms with Crippen LogP contribution >= 0.6 is 0 Å². The number of hydrogen-bond donors (Lipinski definition) is 1. The average Bonchev–Trinajstić information content (AvgIpc) is 2.51. The van der Waals surface area contributed by atoms with E-state index in [9.17, 15) is 4.79 Å². The SMILES string of the molecule is Cc1cccc(C)c1NC(=O)C[C@H]1CCCN2CCCC[C@H]12. The number of carbonyl (C=O) groups excluding carboxylic acids is 1. The van der Waals surface area contributed by atoms with Gasteiger partial charge in [-0.25, -0.2) is 0 Å². The zero-order valence-corrected chi connectivity index (χ0v) is 13.9. The molecule has 0 unspecified atom stereocenters. The van der Waals surface area contributed by atoms with Crippen LogP contribution in [0.3, 0.4) is 0 Å². The van der Waals surface area contributed by atoms with E-state index in [1.54, 1.807) is 0 Å². The molecule has 3 heteroatoms. The second-order valence-electron chi connectivity index (χ2n) is 7.02. The molecule has 2 fully saturated rings. The lowest BCUT2D eigenvalue weighted by Crippen LogP contribution is -2.48. The van der Waals surface area contributed by atoms with Crippen LogP contribution in [-0.2, 0) is 4.79 Å². The van der Waals surface area contributed by atoms with Crippen molar-refractivity contribution in [3.8, 4) is 0 Å². The van der Waals surface area contributed by atoms with Crippen LogP contribution in [0.5, 0.6) is 0 Å². The number of nitrogens with one attached hydrogen (secondary N) is 1. The van der Waals surface area contributed by atoms with Gasteiger partial charge in [0.2, 0.25) is 5.91 Å². The van der Waals surface area contributed by atoms with Crippen LogP contribution in [0.25, 0.3) is 0 Å². The third-order valence-electron chi connectivity index (χ3n) is 5.42. The molecule has 0 bridgehead atoms. The highest BCUT2D eigenvalue weighted by Crippen LogP contribution is 2.33. The molecule has 2 atom stereocenters. The lowest BCUT2D eigenvalue weighted by molar-refractivity contribution is -0.118. The van der Waals surface area contributed by atoms with E-state index in [2.05, 4.69) is 36.2 Å². The Morgan fingerprint density at radius 1 is 1.14 bits per heavy atom. The molecule has 22 heavy (non-hydrogen) atoms. The van der Waals surface area contributed by atoms with Crippen LogP contribution in [0.4, 0.5) is 5.69 Å². The molecule has 3 rings (SSSR count). The van der Waals surface area contributed by atoms with Crippen molar-refractivity contribution in [2.45, 2.75) is 58.4 Å². The van der Waals surface area contributed by atoms with Gasteiger partial charge in [-0.3, -0.25) is 4.79 Å². The predicted molar refractivity (Wildman–Crippen MR) is 91.1 cm³/mol. The van der Waals surface area contributed by atoms with E-state index in [0.29, 0.717) is 18.4 Å². The van der Waals surface area contributed by atoms with Crippen LogP contribution in [0.15, 0.2) is 18.2 Å². The van der Waals surface area contributed by atoms with Crippen molar-refractivity contribution in [1.82, 2.24) is 4.90 Å². The number of fused-ring (bicyclic) bond motifs is 1. The summed E-state index contributed by atoms with van der Waals surface area (Å²) in [7, 11) is 0. The summed E-state index contributed by atoms with van der Waals surface area (Å²) in [6.45, 7) is 6.59. The molecule has 0 saturated carbocycles. The van der Waals surface area contributed by atoms with E-state index >= 15 is 0 Å².